The zero-order chi connectivity index (χ0) is 20.3. The van der Waals surface area contributed by atoms with Crippen molar-refractivity contribution in [3.05, 3.63) is 48.0 Å². The predicted molar refractivity (Wildman–Crippen MR) is 106 cm³/mol. The van der Waals surface area contributed by atoms with E-state index < -0.39 is 12.0 Å². The highest BCUT2D eigenvalue weighted by molar-refractivity contribution is 7.80. The molecule has 3 rings (SSSR count). The van der Waals surface area contributed by atoms with Crippen LogP contribution in [0, 0.1) is 11.8 Å². The van der Waals surface area contributed by atoms with Crippen LogP contribution < -0.4 is 0 Å². The van der Waals surface area contributed by atoms with Crippen molar-refractivity contribution in [3.8, 4) is 0 Å². The molecule has 0 aromatic heterocycles. The maximum absolute atomic E-state index is 12.8. The highest BCUT2D eigenvalue weighted by Gasteiger charge is 2.60. The number of hydrogen-bond donors (Lipinski definition) is 1. The van der Waals surface area contributed by atoms with E-state index in [0.717, 1.165) is 5.56 Å². The lowest BCUT2D eigenvalue weighted by Gasteiger charge is -2.44. The summed E-state index contributed by atoms with van der Waals surface area (Å²) < 4.78 is 10.1. The molecular formula is C21H25NO5S. The number of fused-ring (bicyclic) bond motifs is 1. The summed E-state index contributed by atoms with van der Waals surface area (Å²) in [5.41, 5.74) is 0.904. The Morgan fingerprint density at radius 2 is 2.04 bits per heavy atom. The first kappa shape index (κ1) is 20.5. The number of nitrogens with zero attached hydrogens (tertiary/aromatic N) is 1. The molecule has 0 saturated carbocycles. The molecule has 5 unspecified atom stereocenters. The monoisotopic (exact) mass is 403 g/mol. The molecule has 150 valence electrons. The molecule has 1 aromatic carbocycles. The first-order valence-corrected chi connectivity index (χ1v) is 9.91. The van der Waals surface area contributed by atoms with Gasteiger partial charge in [0.05, 0.1) is 13.0 Å². The van der Waals surface area contributed by atoms with Crippen molar-refractivity contribution in [2.24, 2.45) is 11.8 Å². The van der Waals surface area contributed by atoms with Crippen LogP contribution in [0.25, 0.3) is 0 Å². The Morgan fingerprint density at radius 1 is 1.32 bits per heavy atom. The molecule has 0 radical (unpaired) electrons. The average Bonchev–Trinajstić information content (AvgIpc) is 3.06. The summed E-state index contributed by atoms with van der Waals surface area (Å²) in [5, 5.41) is -0.0427. The van der Waals surface area contributed by atoms with Crippen molar-refractivity contribution in [2.75, 3.05) is 7.11 Å². The van der Waals surface area contributed by atoms with Gasteiger partial charge < -0.3 is 14.4 Å². The third kappa shape index (κ3) is 4.09. The Balaban J connectivity index is 1.66. The van der Waals surface area contributed by atoms with Gasteiger partial charge in [-0.1, -0.05) is 43.3 Å². The standard InChI is InChI=1S/C21H25NO5S/c1-13(28)16-11-17-15(9-6-10-18(23)26-2)20(24)22(17)19(16)21(25)27-12-14-7-4-3-5-8-14/h3-8,10,13,15-17,19,28H,9,11-12H2,1-2H3. The second-order valence-electron chi connectivity index (χ2n) is 7.26. The van der Waals surface area contributed by atoms with E-state index in [4.69, 9.17) is 4.74 Å². The molecule has 0 spiro atoms. The number of esters is 2. The molecule has 1 aromatic rings. The van der Waals surface area contributed by atoms with Gasteiger partial charge in [0.15, 0.2) is 0 Å². The van der Waals surface area contributed by atoms with Crippen LogP contribution in [0.3, 0.4) is 0 Å². The van der Waals surface area contributed by atoms with Gasteiger partial charge >= 0.3 is 11.9 Å². The van der Waals surface area contributed by atoms with Crippen LogP contribution >= 0.6 is 12.6 Å². The number of benzene rings is 1. The number of allylic oxidation sites excluding steroid dienone is 1. The van der Waals surface area contributed by atoms with Gasteiger partial charge in [0.1, 0.15) is 12.6 Å². The number of methoxy groups -OCH3 is 1. The molecule has 2 aliphatic rings. The molecule has 1 amide bonds. The number of ether oxygens (including phenoxy) is 2. The Labute approximate surface area is 170 Å². The van der Waals surface area contributed by atoms with Crippen molar-refractivity contribution in [3.63, 3.8) is 0 Å². The molecule has 2 aliphatic heterocycles. The molecular weight excluding hydrogens is 378 g/mol. The van der Waals surface area contributed by atoms with Crippen LogP contribution in [0.2, 0.25) is 0 Å². The second-order valence-corrected chi connectivity index (χ2v) is 8.07. The highest BCUT2D eigenvalue weighted by atomic mass is 32.1. The maximum Gasteiger partial charge on any atom is 0.330 e. The fraction of sp³-hybridized carbons (Fsp3) is 0.476. The van der Waals surface area contributed by atoms with E-state index in [1.165, 1.54) is 13.2 Å². The Morgan fingerprint density at radius 3 is 2.68 bits per heavy atom. The molecule has 28 heavy (non-hydrogen) atoms. The molecule has 2 saturated heterocycles. The fourth-order valence-corrected chi connectivity index (χ4v) is 4.35. The zero-order valence-corrected chi connectivity index (χ0v) is 16.9. The lowest BCUT2D eigenvalue weighted by molar-refractivity contribution is -0.168. The van der Waals surface area contributed by atoms with E-state index in [1.807, 2.05) is 37.3 Å². The number of carbonyl (C=O) groups is 3. The van der Waals surface area contributed by atoms with Crippen molar-refractivity contribution in [1.82, 2.24) is 4.90 Å². The van der Waals surface area contributed by atoms with Gasteiger partial charge in [0.25, 0.3) is 0 Å². The normalized spacial score (nSPS) is 27.2. The first-order valence-electron chi connectivity index (χ1n) is 9.39. The van der Waals surface area contributed by atoms with Gasteiger partial charge in [-0.3, -0.25) is 4.79 Å². The van der Waals surface area contributed by atoms with Crippen molar-refractivity contribution < 1.29 is 23.9 Å². The van der Waals surface area contributed by atoms with E-state index in [-0.39, 0.29) is 41.6 Å². The fourth-order valence-electron chi connectivity index (χ4n) is 4.07. The summed E-state index contributed by atoms with van der Waals surface area (Å²) >= 11 is 4.54. The Hall–Kier alpha value is -2.28. The number of thiol groups is 1. The van der Waals surface area contributed by atoms with Crippen molar-refractivity contribution in [1.29, 1.82) is 0 Å². The molecule has 0 aliphatic carbocycles. The summed E-state index contributed by atoms with van der Waals surface area (Å²) in [6.07, 6.45) is 4.15. The van der Waals surface area contributed by atoms with Crippen LogP contribution in [0.5, 0.6) is 0 Å². The average molecular weight is 404 g/mol. The number of hydrogen-bond acceptors (Lipinski definition) is 6. The predicted octanol–water partition coefficient (Wildman–Crippen LogP) is 2.38. The van der Waals surface area contributed by atoms with Crippen molar-refractivity contribution >= 4 is 30.5 Å². The van der Waals surface area contributed by atoms with Crippen LogP contribution in [0.15, 0.2) is 42.5 Å². The van der Waals surface area contributed by atoms with E-state index in [0.29, 0.717) is 12.8 Å². The Bertz CT molecular complexity index is 763. The van der Waals surface area contributed by atoms with Crippen LogP contribution in [0.1, 0.15) is 25.3 Å². The van der Waals surface area contributed by atoms with Crippen LogP contribution in [0.4, 0.5) is 0 Å². The van der Waals surface area contributed by atoms with E-state index >= 15 is 0 Å². The number of carbonyl (C=O) groups excluding carboxylic acids is 3. The van der Waals surface area contributed by atoms with Gasteiger partial charge in [0.2, 0.25) is 5.91 Å². The minimum absolute atomic E-state index is 0.0244. The topological polar surface area (TPSA) is 72.9 Å². The summed E-state index contributed by atoms with van der Waals surface area (Å²) in [6, 6.07) is 8.83. The largest absolute Gasteiger partial charge is 0.466 e. The van der Waals surface area contributed by atoms with Crippen LogP contribution in [-0.4, -0.2) is 47.2 Å². The second kappa shape index (κ2) is 8.82. The minimum Gasteiger partial charge on any atom is -0.466 e. The number of amides is 1. The molecule has 0 N–H and O–H groups in total. The van der Waals surface area contributed by atoms with Gasteiger partial charge in [0, 0.05) is 23.3 Å². The molecule has 5 atom stereocenters. The SMILES string of the molecule is COC(=O)C=CCC1C(=O)N2C1CC(C(C)S)C2C(=O)OCc1ccccc1. The molecule has 2 heterocycles. The first-order chi connectivity index (χ1) is 13.4. The lowest BCUT2D eigenvalue weighted by Crippen LogP contribution is -2.62. The number of rotatable bonds is 7. The van der Waals surface area contributed by atoms with Gasteiger partial charge in [-0.25, -0.2) is 9.59 Å². The van der Waals surface area contributed by atoms with Gasteiger partial charge in [-0.05, 0) is 18.4 Å². The zero-order valence-electron chi connectivity index (χ0n) is 16.0. The highest BCUT2D eigenvalue weighted by Crippen LogP contribution is 2.46. The summed E-state index contributed by atoms with van der Waals surface area (Å²) in [4.78, 5) is 38.3. The number of β-lactam (4-membered cyclic amide) rings is 1. The van der Waals surface area contributed by atoms with Crippen LogP contribution in [-0.2, 0) is 30.5 Å². The maximum atomic E-state index is 12.8. The van der Waals surface area contributed by atoms with Crippen molar-refractivity contribution in [2.45, 2.75) is 43.7 Å². The van der Waals surface area contributed by atoms with E-state index in [9.17, 15) is 14.4 Å². The minimum atomic E-state index is -0.602. The third-order valence-corrected chi connectivity index (χ3v) is 5.93. The third-order valence-electron chi connectivity index (χ3n) is 5.54. The summed E-state index contributed by atoms with van der Waals surface area (Å²) in [7, 11) is 1.31. The van der Waals surface area contributed by atoms with Gasteiger partial charge in [-0.2, -0.15) is 12.6 Å². The lowest BCUT2D eigenvalue weighted by atomic mass is 9.84. The Kier molecular flexibility index (Phi) is 6.44. The summed E-state index contributed by atoms with van der Waals surface area (Å²) in [6.45, 7) is 2.12. The molecule has 0 bridgehead atoms. The molecule has 2 fully saturated rings. The van der Waals surface area contributed by atoms with E-state index in [2.05, 4.69) is 17.4 Å². The summed E-state index contributed by atoms with van der Waals surface area (Å²) in [5.74, 6) is -1.18. The smallest absolute Gasteiger partial charge is 0.330 e. The molecule has 7 heteroatoms. The quantitative estimate of drug-likeness (QED) is 0.328. The molecule has 6 nitrogen and oxygen atoms in total. The van der Waals surface area contributed by atoms with Gasteiger partial charge in [-0.15, -0.1) is 0 Å². The van der Waals surface area contributed by atoms with E-state index in [1.54, 1.807) is 11.0 Å².